The third-order valence-electron chi connectivity index (χ3n) is 2.98. The molecule has 0 amide bonds. The van der Waals surface area contributed by atoms with Gasteiger partial charge in [0.1, 0.15) is 5.75 Å². The number of phenolic OH excluding ortho intramolecular Hbond substituents is 1. The van der Waals surface area contributed by atoms with E-state index in [9.17, 15) is 5.11 Å². The van der Waals surface area contributed by atoms with Gasteiger partial charge in [-0.15, -0.1) is 0 Å². The number of aromatic nitrogens is 1. The van der Waals surface area contributed by atoms with Crippen molar-refractivity contribution >= 4 is 23.1 Å². The van der Waals surface area contributed by atoms with Gasteiger partial charge >= 0.3 is 0 Å². The van der Waals surface area contributed by atoms with E-state index in [1.54, 1.807) is 12.1 Å². The summed E-state index contributed by atoms with van der Waals surface area (Å²) in [7, 11) is 0. The van der Waals surface area contributed by atoms with E-state index in [1.165, 1.54) is 10.9 Å². The molecule has 3 rings (SSSR count). The first-order valence-electron chi connectivity index (χ1n) is 5.86. The number of nitrogens with one attached hydrogen (secondary N) is 1. The lowest BCUT2D eigenvalue weighted by molar-refractivity contribution is 0.475. The van der Waals surface area contributed by atoms with Crippen molar-refractivity contribution in [2.24, 2.45) is 0 Å². The van der Waals surface area contributed by atoms with Crippen molar-refractivity contribution in [3.8, 4) is 5.75 Å². The van der Waals surface area contributed by atoms with Crippen LogP contribution in [-0.2, 0) is 0 Å². The fourth-order valence-corrected chi connectivity index (χ4v) is 2.03. The maximum absolute atomic E-state index is 9.23. The number of aromatic amines is 1. The van der Waals surface area contributed by atoms with Crippen LogP contribution in [0.2, 0.25) is 0 Å². The van der Waals surface area contributed by atoms with Crippen LogP contribution < -0.4 is 0 Å². The Kier molecular flexibility index (Phi) is 2.61. The van der Waals surface area contributed by atoms with E-state index in [1.807, 2.05) is 30.5 Å². The number of phenols is 1. The lowest BCUT2D eigenvalue weighted by atomic mass is 10.1. The highest BCUT2D eigenvalue weighted by atomic mass is 16.3. The van der Waals surface area contributed by atoms with Gasteiger partial charge in [0.25, 0.3) is 0 Å². The van der Waals surface area contributed by atoms with Gasteiger partial charge in [-0.3, -0.25) is 0 Å². The van der Waals surface area contributed by atoms with Crippen LogP contribution in [0, 0.1) is 0 Å². The molecule has 2 heteroatoms. The molecule has 0 aliphatic heterocycles. The van der Waals surface area contributed by atoms with Crippen LogP contribution in [0.4, 0.5) is 0 Å². The van der Waals surface area contributed by atoms with E-state index in [0.29, 0.717) is 5.75 Å². The Morgan fingerprint density at radius 3 is 2.56 bits per heavy atom. The summed E-state index contributed by atoms with van der Waals surface area (Å²) in [5, 5.41) is 10.4. The first-order valence-corrected chi connectivity index (χ1v) is 5.86. The number of rotatable bonds is 2. The van der Waals surface area contributed by atoms with E-state index >= 15 is 0 Å². The zero-order valence-electron chi connectivity index (χ0n) is 9.80. The summed E-state index contributed by atoms with van der Waals surface area (Å²) in [6.45, 7) is 0. The van der Waals surface area contributed by atoms with Gasteiger partial charge < -0.3 is 10.1 Å². The molecular formula is C16H13NO. The normalized spacial score (nSPS) is 11.3. The molecule has 0 saturated carbocycles. The van der Waals surface area contributed by atoms with E-state index in [-0.39, 0.29) is 0 Å². The average molecular weight is 235 g/mol. The Hall–Kier alpha value is -2.48. The number of aromatic hydroxyl groups is 1. The average Bonchev–Trinajstić information content (AvgIpc) is 2.87. The molecule has 0 fully saturated rings. The second kappa shape index (κ2) is 4.41. The van der Waals surface area contributed by atoms with Crippen molar-refractivity contribution in [2.45, 2.75) is 0 Å². The minimum absolute atomic E-state index is 0.292. The van der Waals surface area contributed by atoms with Gasteiger partial charge in [0.15, 0.2) is 0 Å². The van der Waals surface area contributed by atoms with Crippen LogP contribution in [0.3, 0.4) is 0 Å². The molecule has 0 aliphatic carbocycles. The second-order valence-electron chi connectivity index (χ2n) is 4.21. The van der Waals surface area contributed by atoms with Crippen LogP contribution in [0.25, 0.3) is 23.1 Å². The van der Waals surface area contributed by atoms with Gasteiger partial charge in [0.05, 0.1) is 0 Å². The van der Waals surface area contributed by atoms with Crippen molar-refractivity contribution < 1.29 is 5.11 Å². The van der Waals surface area contributed by atoms with Gasteiger partial charge in [-0.2, -0.15) is 0 Å². The van der Waals surface area contributed by atoms with E-state index in [0.717, 1.165) is 11.1 Å². The summed E-state index contributed by atoms with van der Waals surface area (Å²) in [5.41, 5.74) is 3.39. The zero-order valence-corrected chi connectivity index (χ0v) is 9.80. The number of hydrogen-bond donors (Lipinski definition) is 2. The lowest BCUT2D eigenvalue weighted by Gasteiger charge is -1.97. The largest absolute Gasteiger partial charge is 0.508 e. The summed E-state index contributed by atoms with van der Waals surface area (Å²) < 4.78 is 0. The summed E-state index contributed by atoms with van der Waals surface area (Å²) in [6.07, 6.45) is 6.08. The van der Waals surface area contributed by atoms with Gasteiger partial charge in [-0.05, 0) is 35.4 Å². The van der Waals surface area contributed by atoms with Gasteiger partial charge in [-0.1, -0.05) is 36.4 Å². The molecule has 0 atom stereocenters. The van der Waals surface area contributed by atoms with Crippen LogP contribution >= 0.6 is 0 Å². The molecule has 0 bridgehead atoms. The first-order chi connectivity index (χ1) is 8.83. The van der Waals surface area contributed by atoms with Gasteiger partial charge in [-0.25, -0.2) is 0 Å². The fourth-order valence-electron chi connectivity index (χ4n) is 2.03. The zero-order chi connectivity index (χ0) is 12.4. The maximum atomic E-state index is 9.23. The molecule has 0 saturated heterocycles. The van der Waals surface area contributed by atoms with E-state index < -0.39 is 0 Å². The minimum Gasteiger partial charge on any atom is -0.508 e. The Morgan fingerprint density at radius 1 is 0.889 bits per heavy atom. The Morgan fingerprint density at radius 2 is 1.72 bits per heavy atom. The molecule has 0 radical (unpaired) electrons. The highest BCUT2D eigenvalue weighted by Gasteiger charge is 1.97. The molecule has 2 N–H and O–H groups in total. The second-order valence-corrected chi connectivity index (χ2v) is 4.21. The molecule has 3 aromatic rings. The van der Waals surface area contributed by atoms with Crippen LogP contribution in [0.1, 0.15) is 11.1 Å². The standard InChI is InChI=1S/C16H13NO/c18-14-8-5-12(6-9-14)4-7-13-2-1-3-16-15(13)10-11-17-16/h1-11,17-18H. The number of fused-ring (bicyclic) bond motifs is 1. The SMILES string of the molecule is Oc1ccc(C=Cc2cccc3[nH]ccc23)cc1. The van der Waals surface area contributed by atoms with Crippen LogP contribution in [0.5, 0.6) is 5.75 Å². The van der Waals surface area contributed by atoms with Crippen LogP contribution in [-0.4, -0.2) is 10.1 Å². The molecule has 0 aliphatic rings. The van der Waals surface area contributed by atoms with Crippen LogP contribution in [0.15, 0.2) is 54.7 Å². The monoisotopic (exact) mass is 235 g/mol. The van der Waals surface area contributed by atoms with Crippen molar-refractivity contribution in [3.05, 3.63) is 65.9 Å². The fraction of sp³-hybridized carbons (Fsp3) is 0. The topological polar surface area (TPSA) is 36.0 Å². The number of benzene rings is 2. The maximum Gasteiger partial charge on any atom is 0.115 e. The predicted octanol–water partition coefficient (Wildman–Crippen LogP) is 4.04. The summed E-state index contributed by atoms with van der Waals surface area (Å²) >= 11 is 0. The predicted molar refractivity (Wildman–Crippen MR) is 75.3 cm³/mol. The van der Waals surface area contributed by atoms with Gasteiger partial charge in [0.2, 0.25) is 0 Å². The van der Waals surface area contributed by atoms with Crippen molar-refractivity contribution in [3.63, 3.8) is 0 Å². The third-order valence-corrected chi connectivity index (χ3v) is 2.98. The summed E-state index contributed by atoms with van der Waals surface area (Å²) in [6, 6.07) is 15.4. The summed E-state index contributed by atoms with van der Waals surface area (Å²) in [5.74, 6) is 0.292. The molecule has 0 spiro atoms. The quantitative estimate of drug-likeness (QED) is 0.646. The first kappa shape index (κ1) is 10.7. The van der Waals surface area contributed by atoms with Gasteiger partial charge in [0, 0.05) is 17.1 Å². The molecule has 18 heavy (non-hydrogen) atoms. The molecule has 1 heterocycles. The van der Waals surface area contributed by atoms with E-state index in [4.69, 9.17) is 0 Å². The molecular weight excluding hydrogens is 222 g/mol. The molecule has 0 unspecified atom stereocenters. The van der Waals surface area contributed by atoms with Crippen molar-refractivity contribution in [1.29, 1.82) is 0 Å². The van der Waals surface area contributed by atoms with E-state index in [2.05, 4.69) is 29.3 Å². The highest BCUT2D eigenvalue weighted by Crippen LogP contribution is 2.20. The molecule has 88 valence electrons. The number of H-pyrrole nitrogens is 1. The lowest BCUT2D eigenvalue weighted by Crippen LogP contribution is -1.75. The molecule has 2 aromatic carbocycles. The Bertz CT molecular complexity index is 692. The molecule has 1 aromatic heterocycles. The Labute approximate surface area is 105 Å². The minimum atomic E-state index is 0.292. The smallest absolute Gasteiger partial charge is 0.115 e. The number of hydrogen-bond acceptors (Lipinski definition) is 1. The Balaban J connectivity index is 1.96. The highest BCUT2D eigenvalue weighted by molar-refractivity contribution is 5.91. The summed E-state index contributed by atoms with van der Waals surface area (Å²) in [4.78, 5) is 3.20. The third kappa shape index (κ3) is 2.00. The van der Waals surface area contributed by atoms with Crippen molar-refractivity contribution in [1.82, 2.24) is 4.98 Å². The molecule has 2 nitrogen and oxygen atoms in total. The van der Waals surface area contributed by atoms with Crippen molar-refractivity contribution in [2.75, 3.05) is 0 Å².